The van der Waals surface area contributed by atoms with Gasteiger partial charge in [0.2, 0.25) is 0 Å². The maximum atomic E-state index is 13.2. The molecular formula is C16H14Cl2N2O7S. The number of halogens is 2. The van der Waals surface area contributed by atoms with Gasteiger partial charge in [0.1, 0.15) is 17.5 Å². The normalized spacial score (nSPS) is 12.3. The van der Waals surface area contributed by atoms with E-state index in [2.05, 4.69) is 0 Å². The zero-order chi connectivity index (χ0) is 21.2. The lowest BCUT2D eigenvalue weighted by atomic mass is 10.2. The van der Waals surface area contributed by atoms with Gasteiger partial charge in [-0.3, -0.25) is 10.1 Å². The van der Waals surface area contributed by atoms with Crippen molar-refractivity contribution in [3.8, 4) is 5.75 Å². The third-order valence-electron chi connectivity index (χ3n) is 3.77. The first-order valence-corrected chi connectivity index (χ1v) is 9.75. The standard InChI is InChI=1S/C16H14Cl2N2O7S/c1-9(16(21)22)19(14-7-10(20(23)24)3-6-15(14)27-2)28(25,26)11-4-5-12(17)13(18)8-11/h3-9H,1-2H3,(H,21,22). The molecule has 1 atom stereocenters. The summed E-state index contributed by atoms with van der Waals surface area (Å²) in [7, 11) is -3.28. The second-order valence-corrected chi connectivity index (χ2v) is 8.13. The van der Waals surface area contributed by atoms with Crippen LogP contribution in [0.2, 0.25) is 10.0 Å². The summed E-state index contributed by atoms with van der Waals surface area (Å²) in [5, 5.41) is 20.6. The van der Waals surface area contributed by atoms with E-state index in [1.54, 1.807) is 0 Å². The Kier molecular flexibility index (Phi) is 6.37. The van der Waals surface area contributed by atoms with Gasteiger partial charge in [-0.1, -0.05) is 23.2 Å². The minimum absolute atomic E-state index is 0.0586. The average molecular weight is 449 g/mol. The molecule has 0 aliphatic rings. The van der Waals surface area contributed by atoms with Crippen LogP contribution in [0.15, 0.2) is 41.3 Å². The zero-order valence-corrected chi connectivity index (χ0v) is 16.8. The van der Waals surface area contributed by atoms with Crippen LogP contribution in [-0.2, 0) is 14.8 Å². The molecule has 2 aromatic carbocycles. The summed E-state index contributed by atoms with van der Waals surface area (Å²) in [5.41, 5.74) is -0.750. The van der Waals surface area contributed by atoms with Crippen molar-refractivity contribution >= 4 is 50.6 Å². The molecule has 0 bridgehead atoms. The van der Waals surface area contributed by atoms with Crippen molar-refractivity contribution in [3.63, 3.8) is 0 Å². The van der Waals surface area contributed by atoms with Gasteiger partial charge >= 0.3 is 5.97 Å². The van der Waals surface area contributed by atoms with E-state index in [9.17, 15) is 28.4 Å². The number of carbonyl (C=O) groups is 1. The summed E-state index contributed by atoms with van der Waals surface area (Å²) < 4.78 is 32.1. The first-order valence-electron chi connectivity index (χ1n) is 7.55. The highest BCUT2D eigenvalue weighted by Gasteiger charge is 2.36. The third-order valence-corrected chi connectivity index (χ3v) is 6.39. The van der Waals surface area contributed by atoms with Crippen LogP contribution in [0.4, 0.5) is 11.4 Å². The average Bonchev–Trinajstić information content (AvgIpc) is 2.63. The molecule has 0 aliphatic heterocycles. The SMILES string of the molecule is COc1ccc([N+](=O)[O-])cc1N(C(C)C(=O)O)S(=O)(=O)c1ccc(Cl)c(Cl)c1. The Balaban J connectivity index is 2.80. The Morgan fingerprint density at radius 3 is 2.36 bits per heavy atom. The predicted molar refractivity (Wildman–Crippen MR) is 103 cm³/mol. The first kappa shape index (κ1) is 21.7. The summed E-state index contributed by atoms with van der Waals surface area (Å²) in [5.74, 6) is -1.54. The van der Waals surface area contributed by atoms with E-state index in [1.807, 2.05) is 0 Å². The lowest BCUT2D eigenvalue weighted by molar-refractivity contribution is -0.384. The number of methoxy groups -OCH3 is 1. The van der Waals surface area contributed by atoms with Gasteiger partial charge in [-0.15, -0.1) is 0 Å². The van der Waals surface area contributed by atoms with Crippen LogP contribution in [0.1, 0.15) is 6.92 Å². The number of hydrogen-bond donors (Lipinski definition) is 1. The minimum Gasteiger partial charge on any atom is -0.495 e. The molecule has 0 aromatic heterocycles. The minimum atomic E-state index is -4.51. The molecule has 0 spiro atoms. The molecule has 150 valence electrons. The van der Waals surface area contributed by atoms with Crippen molar-refractivity contribution in [2.24, 2.45) is 0 Å². The van der Waals surface area contributed by atoms with Crippen LogP contribution in [0.3, 0.4) is 0 Å². The van der Waals surface area contributed by atoms with Crippen LogP contribution in [0.5, 0.6) is 5.75 Å². The number of carboxylic acid groups (broad SMARTS) is 1. The molecule has 0 fully saturated rings. The number of aliphatic carboxylic acids is 1. The van der Waals surface area contributed by atoms with Gasteiger partial charge in [0.05, 0.1) is 27.0 Å². The van der Waals surface area contributed by atoms with Crippen molar-refractivity contribution in [2.45, 2.75) is 17.9 Å². The van der Waals surface area contributed by atoms with Crippen molar-refractivity contribution in [3.05, 3.63) is 56.6 Å². The highest BCUT2D eigenvalue weighted by molar-refractivity contribution is 7.93. The monoisotopic (exact) mass is 448 g/mol. The number of non-ortho nitro benzene ring substituents is 1. The van der Waals surface area contributed by atoms with Crippen LogP contribution in [0, 0.1) is 10.1 Å². The van der Waals surface area contributed by atoms with E-state index in [0.29, 0.717) is 4.31 Å². The van der Waals surface area contributed by atoms with Gasteiger partial charge in [0, 0.05) is 12.1 Å². The molecule has 0 radical (unpaired) electrons. The second kappa shape index (κ2) is 8.21. The molecule has 12 heteroatoms. The molecule has 2 rings (SSSR count). The summed E-state index contributed by atoms with van der Waals surface area (Å²) in [4.78, 5) is 21.7. The number of rotatable bonds is 7. The molecule has 0 saturated carbocycles. The number of anilines is 1. The number of sulfonamides is 1. The maximum Gasteiger partial charge on any atom is 0.327 e. The van der Waals surface area contributed by atoms with Crippen molar-refractivity contribution in [1.82, 2.24) is 0 Å². The predicted octanol–water partition coefficient (Wildman–Crippen LogP) is 3.58. The largest absolute Gasteiger partial charge is 0.495 e. The zero-order valence-electron chi connectivity index (χ0n) is 14.5. The maximum absolute atomic E-state index is 13.2. The molecule has 1 N–H and O–H groups in total. The molecule has 2 aromatic rings. The van der Waals surface area contributed by atoms with Crippen molar-refractivity contribution in [2.75, 3.05) is 11.4 Å². The molecule has 9 nitrogen and oxygen atoms in total. The van der Waals surface area contributed by atoms with E-state index in [1.165, 1.54) is 19.2 Å². The number of ether oxygens (including phenoxy) is 1. The van der Waals surface area contributed by atoms with Crippen molar-refractivity contribution < 1.29 is 28.0 Å². The Morgan fingerprint density at radius 2 is 1.86 bits per heavy atom. The number of benzene rings is 2. The fraction of sp³-hybridized carbons (Fsp3) is 0.188. The first-order chi connectivity index (χ1) is 13.0. The Bertz CT molecular complexity index is 1040. The van der Waals surface area contributed by atoms with Crippen LogP contribution >= 0.6 is 23.2 Å². The molecule has 0 amide bonds. The van der Waals surface area contributed by atoms with Crippen LogP contribution in [-0.4, -0.2) is 37.6 Å². The van der Waals surface area contributed by atoms with E-state index in [4.69, 9.17) is 27.9 Å². The molecule has 0 heterocycles. The van der Waals surface area contributed by atoms with Crippen LogP contribution < -0.4 is 9.04 Å². The summed E-state index contributed by atoms with van der Waals surface area (Å²) in [6.07, 6.45) is 0. The summed E-state index contributed by atoms with van der Waals surface area (Å²) in [6, 6.07) is 5.05. The van der Waals surface area contributed by atoms with E-state index in [-0.39, 0.29) is 26.4 Å². The smallest absolute Gasteiger partial charge is 0.327 e. The molecular weight excluding hydrogens is 435 g/mol. The number of nitro groups is 1. The molecule has 0 saturated heterocycles. The lowest BCUT2D eigenvalue weighted by Crippen LogP contribution is -2.43. The van der Waals surface area contributed by atoms with Gasteiger partial charge in [0.15, 0.2) is 0 Å². The number of nitro benzene ring substituents is 1. The van der Waals surface area contributed by atoms with Gasteiger partial charge in [-0.05, 0) is 31.2 Å². The topological polar surface area (TPSA) is 127 Å². The number of carboxylic acids is 1. The van der Waals surface area contributed by atoms with E-state index >= 15 is 0 Å². The van der Waals surface area contributed by atoms with Crippen molar-refractivity contribution in [1.29, 1.82) is 0 Å². The third kappa shape index (κ3) is 4.13. The molecule has 28 heavy (non-hydrogen) atoms. The van der Waals surface area contributed by atoms with Crippen LogP contribution in [0.25, 0.3) is 0 Å². The summed E-state index contributed by atoms with van der Waals surface area (Å²) in [6.45, 7) is 1.12. The number of hydrogen-bond acceptors (Lipinski definition) is 6. The lowest BCUT2D eigenvalue weighted by Gasteiger charge is -2.29. The fourth-order valence-corrected chi connectivity index (χ4v) is 4.37. The van der Waals surface area contributed by atoms with E-state index in [0.717, 1.165) is 31.2 Å². The Labute approximate surface area is 170 Å². The Hall–Kier alpha value is -2.56. The molecule has 0 aliphatic carbocycles. The highest BCUT2D eigenvalue weighted by Crippen LogP contribution is 2.38. The van der Waals surface area contributed by atoms with Gasteiger partial charge < -0.3 is 9.84 Å². The van der Waals surface area contributed by atoms with E-state index < -0.39 is 32.6 Å². The summed E-state index contributed by atoms with van der Waals surface area (Å²) >= 11 is 11.7. The number of nitrogens with zero attached hydrogens (tertiary/aromatic N) is 2. The second-order valence-electron chi connectivity index (χ2n) is 5.50. The van der Waals surface area contributed by atoms with Gasteiger partial charge in [0.25, 0.3) is 15.7 Å². The quantitative estimate of drug-likeness (QED) is 0.506. The van der Waals surface area contributed by atoms with Gasteiger partial charge in [-0.2, -0.15) is 0 Å². The molecule has 1 unspecified atom stereocenters. The highest BCUT2D eigenvalue weighted by atomic mass is 35.5. The van der Waals surface area contributed by atoms with Gasteiger partial charge in [-0.25, -0.2) is 17.5 Å². The fourth-order valence-electron chi connectivity index (χ4n) is 2.36. The Morgan fingerprint density at radius 1 is 1.21 bits per heavy atom.